The van der Waals surface area contributed by atoms with Gasteiger partial charge in [0.05, 0.1) is 36.1 Å². The molecule has 2 aromatic carbocycles. The minimum atomic E-state index is -4.58. The minimum Gasteiger partial charge on any atom is -0.487 e. The third kappa shape index (κ3) is 7.49. The third-order valence-corrected chi connectivity index (χ3v) is 9.96. The smallest absolute Gasteiger partial charge is 0.267 e. The van der Waals surface area contributed by atoms with Crippen molar-refractivity contribution in [2.75, 3.05) is 18.4 Å². The van der Waals surface area contributed by atoms with E-state index in [0.29, 0.717) is 29.4 Å². The molecule has 0 saturated heterocycles. The van der Waals surface area contributed by atoms with Crippen LogP contribution in [0, 0.1) is 17.5 Å². The summed E-state index contributed by atoms with van der Waals surface area (Å²) in [6, 6.07) is 14.6. The first-order valence-corrected chi connectivity index (χ1v) is 19.4. The predicted molar refractivity (Wildman–Crippen MR) is 169 cm³/mol. The number of anilines is 1. The molecule has 0 radical (unpaired) electrons. The van der Waals surface area contributed by atoms with Crippen LogP contribution in [0.4, 0.5) is 18.9 Å². The van der Waals surface area contributed by atoms with E-state index < -0.39 is 64.2 Å². The fourth-order valence-corrected chi connectivity index (χ4v) is 6.41. The van der Waals surface area contributed by atoms with Gasteiger partial charge in [0, 0.05) is 26.3 Å². The van der Waals surface area contributed by atoms with Crippen LogP contribution in [-0.4, -0.2) is 50.0 Å². The molecule has 0 atom stereocenters. The third-order valence-electron chi connectivity index (χ3n) is 6.90. The second kappa shape index (κ2) is 13.5. The molecule has 0 bridgehead atoms. The molecule has 242 valence electrons. The first-order valence-electron chi connectivity index (χ1n) is 14.2. The van der Waals surface area contributed by atoms with Crippen molar-refractivity contribution in [3.63, 3.8) is 0 Å². The average molecular weight is 672 g/mol. The van der Waals surface area contributed by atoms with Gasteiger partial charge in [-0.15, -0.1) is 0 Å². The molecule has 0 aliphatic rings. The normalized spacial score (nSPS) is 12.0. The number of rotatable bonds is 13. The van der Waals surface area contributed by atoms with Gasteiger partial charge in [-0.1, -0.05) is 50.0 Å². The van der Waals surface area contributed by atoms with Crippen molar-refractivity contribution in [1.82, 2.24) is 19.7 Å². The van der Waals surface area contributed by atoms with Crippen LogP contribution in [0.25, 0.3) is 22.3 Å². The van der Waals surface area contributed by atoms with Crippen molar-refractivity contribution in [3.8, 4) is 22.9 Å². The van der Waals surface area contributed by atoms with E-state index in [4.69, 9.17) is 19.3 Å². The number of nitrogens with zero attached hydrogens (tertiary/aromatic N) is 4. The Bertz CT molecular complexity index is 1970. The molecular weight excluding hydrogens is 640 g/mol. The number of hydrogen-bond acceptors (Lipinski definition) is 8. The van der Waals surface area contributed by atoms with Crippen molar-refractivity contribution in [3.05, 3.63) is 90.0 Å². The van der Waals surface area contributed by atoms with Gasteiger partial charge in [0.25, 0.3) is 10.0 Å². The number of hydrogen-bond donors (Lipinski definition) is 1. The molecular formula is C31H32F3N5O5SSi. The molecule has 1 N–H and O–H groups in total. The molecule has 3 aromatic heterocycles. The van der Waals surface area contributed by atoms with Gasteiger partial charge in [-0.2, -0.15) is 5.10 Å². The number of pyridine rings is 2. The maximum Gasteiger partial charge on any atom is 0.267 e. The Morgan fingerprint density at radius 1 is 0.978 bits per heavy atom. The van der Waals surface area contributed by atoms with Gasteiger partial charge in [-0.05, 0) is 24.2 Å². The summed E-state index contributed by atoms with van der Waals surface area (Å²) in [5, 5.41) is 5.37. The molecule has 0 fully saturated rings. The van der Waals surface area contributed by atoms with Crippen LogP contribution in [0.15, 0.2) is 71.9 Å². The molecule has 5 aromatic rings. The van der Waals surface area contributed by atoms with Crippen LogP contribution in [0.1, 0.15) is 5.56 Å². The SMILES string of the molecule is COc1ncc(F)cc1S(=O)(=O)Nc1ccc(F)c(COc2cnc3c(c2)c(-c2ccccc2)nn3COCC[Si](C)(C)C)c1F. The fraction of sp³-hybridized carbons (Fsp3) is 0.258. The summed E-state index contributed by atoms with van der Waals surface area (Å²) in [5.41, 5.74) is 0.865. The van der Waals surface area contributed by atoms with Crippen molar-refractivity contribution in [1.29, 1.82) is 0 Å². The van der Waals surface area contributed by atoms with Crippen LogP contribution in [0.3, 0.4) is 0 Å². The van der Waals surface area contributed by atoms with E-state index in [1.807, 2.05) is 35.1 Å². The van der Waals surface area contributed by atoms with Crippen molar-refractivity contribution < 1.29 is 35.8 Å². The number of aromatic nitrogens is 4. The lowest BCUT2D eigenvalue weighted by Crippen LogP contribution is -2.22. The Hall–Kier alpha value is -4.47. The van der Waals surface area contributed by atoms with E-state index >= 15 is 4.39 Å². The molecule has 46 heavy (non-hydrogen) atoms. The Kier molecular flexibility index (Phi) is 9.65. The predicted octanol–water partition coefficient (Wildman–Crippen LogP) is 6.61. The summed E-state index contributed by atoms with van der Waals surface area (Å²) in [6.07, 6.45) is 2.18. The summed E-state index contributed by atoms with van der Waals surface area (Å²) < 4.78 is 90.2. The lowest BCUT2D eigenvalue weighted by atomic mass is 10.1. The number of ether oxygens (including phenoxy) is 3. The number of halogens is 3. The highest BCUT2D eigenvalue weighted by atomic mass is 32.2. The monoisotopic (exact) mass is 671 g/mol. The molecule has 3 heterocycles. The molecule has 0 unspecified atom stereocenters. The second-order valence-electron chi connectivity index (χ2n) is 11.5. The summed E-state index contributed by atoms with van der Waals surface area (Å²) in [4.78, 5) is 7.44. The molecule has 0 amide bonds. The Morgan fingerprint density at radius 3 is 2.46 bits per heavy atom. The quantitative estimate of drug-likeness (QED) is 0.110. The first kappa shape index (κ1) is 32.9. The lowest BCUT2D eigenvalue weighted by Gasteiger charge is -2.15. The van der Waals surface area contributed by atoms with E-state index in [2.05, 4.69) is 29.6 Å². The zero-order valence-corrected chi connectivity index (χ0v) is 27.4. The highest BCUT2D eigenvalue weighted by molar-refractivity contribution is 7.92. The molecule has 10 nitrogen and oxygen atoms in total. The molecule has 0 saturated carbocycles. The average Bonchev–Trinajstić information content (AvgIpc) is 3.38. The van der Waals surface area contributed by atoms with Gasteiger partial charge in [0.15, 0.2) is 16.4 Å². The van der Waals surface area contributed by atoms with Crippen LogP contribution in [0.5, 0.6) is 11.6 Å². The number of methoxy groups -OCH3 is 1. The van der Waals surface area contributed by atoms with E-state index in [0.717, 1.165) is 37.0 Å². The first-order chi connectivity index (χ1) is 21.9. The van der Waals surface area contributed by atoms with Crippen LogP contribution in [0.2, 0.25) is 25.7 Å². The zero-order chi connectivity index (χ0) is 33.1. The van der Waals surface area contributed by atoms with Gasteiger partial charge in [0.1, 0.15) is 36.4 Å². The molecule has 0 spiro atoms. The Balaban J connectivity index is 1.40. The number of benzene rings is 2. The van der Waals surface area contributed by atoms with E-state index in [1.165, 1.54) is 6.20 Å². The molecule has 0 aliphatic carbocycles. The highest BCUT2D eigenvalue weighted by Crippen LogP contribution is 2.31. The topological polar surface area (TPSA) is 117 Å². The van der Waals surface area contributed by atoms with Crippen LogP contribution in [-0.2, 0) is 28.1 Å². The van der Waals surface area contributed by atoms with Crippen LogP contribution < -0.4 is 14.2 Å². The number of nitrogens with one attached hydrogen (secondary N) is 1. The van der Waals surface area contributed by atoms with Crippen molar-refractivity contribution >= 4 is 34.8 Å². The minimum absolute atomic E-state index is 0.192. The second-order valence-corrected chi connectivity index (χ2v) is 18.8. The van der Waals surface area contributed by atoms with E-state index in [1.54, 1.807) is 10.7 Å². The maximum absolute atomic E-state index is 15.5. The van der Waals surface area contributed by atoms with Gasteiger partial charge >= 0.3 is 0 Å². The maximum atomic E-state index is 15.5. The largest absolute Gasteiger partial charge is 0.487 e. The van der Waals surface area contributed by atoms with Gasteiger partial charge in [-0.3, -0.25) is 4.72 Å². The summed E-state index contributed by atoms with van der Waals surface area (Å²) in [6.45, 7) is 7.00. The molecule has 15 heteroatoms. The number of fused-ring (bicyclic) bond motifs is 1. The van der Waals surface area contributed by atoms with Gasteiger partial charge < -0.3 is 14.2 Å². The van der Waals surface area contributed by atoms with Gasteiger partial charge in [-0.25, -0.2) is 36.2 Å². The van der Waals surface area contributed by atoms with E-state index in [9.17, 15) is 17.2 Å². The van der Waals surface area contributed by atoms with E-state index in [-0.39, 0.29) is 12.5 Å². The van der Waals surface area contributed by atoms with Gasteiger partial charge in [0.2, 0.25) is 5.88 Å². The Morgan fingerprint density at radius 2 is 1.74 bits per heavy atom. The molecule has 0 aliphatic heterocycles. The number of sulfonamides is 1. The van der Waals surface area contributed by atoms with Crippen LogP contribution >= 0.6 is 0 Å². The summed E-state index contributed by atoms with van der Waals surface area (Å²) in [7, 11) is -4.71. The zero-order valence-electron chi connectivity index (χ0n) is 25.6. The summed E-state index contributed by atoms with van der Waals surface area (Å²) >= 11 is 0. The van der Waals surface area contributed by atoms with Crippen molar-refractivity contribution in [2.24, 2.45) is 0 Å². The Labute approximate surface area is 265 Å². The standard InChI is InChI=1S/C31H32F3N5O5SSi/c1-42-31-27(14-21(32)16-36-31)45(40,41)38-26-11-10-25(33)24(28(26)34)18-44-22-15-23-29(20-8-6-5-7-9-20)37-39(30(23)35-17-22)19-43-12-13-46(2,3)4/h5-11,14-17,38H,12-13,18-19H2,1-4H3. The molecule has 5 rings (SSSR count). The van der Waals surface area contributed by atoms with Crippen molar-refractivity contribution in [2.45, 2.75) is 43.9 Å². The summed E-state index contributed by atoms with van der Waals surface area (Å²) in [5.74, 6) is -3.33. The fourth-order valence-electron chi connectivity index (χ4n) is 4.47. The lowest BCUT2D eigenvalue weighted by molar-refractivity contribution is 0.0814. The highest BCUT2D eigenvalue weighted by Gasteiger charge is 2.25.